The summed E-state index contributed by atoms with van der Waals surface area (Å²) in [7, 11) is 0. The standard InChI is InChI=1S/C18H16BrN3O4/c19-12-3-4-13(26-8-14(20)23)11(6-12)7-21-22-17(24)15-9-1-2-10(5-9)16(15)18(22)25/h1-4,6-7,9-10,15-16H,5,8H2,(H2,20,23). The van der Waals surface area contributed by atoms with Crippen molar-refractivity contribution in [3.8, 4) is 5.75 Å². The van der Waals surface area contributed by atoms with Crippen LogP contribution in [0.4, 0.5) is 0 Å². The number of fused-ring (bicyclic) bond motifs is 5. The molecule has 0 radical (unpaired) electrons. The van der Waals surface area contributed by atoms with Gasteiger partial charge in [-0.1, -0.05) is 28.1 Å². The van der Waals surface area contributed by atoms with Crippen molar-refractivity contribution in [3.63, 3.8) is 0 Å². The van der Waals surface area contributed by atoms with Gasteiger partial charge in [0.1, 0.15) is 5.75 Å². The van der Waals surface area contributed by atoms with Gasteiger partial charge in [-0.2, -0.15) is 10.1 Å². The molecule has 2 N–H and O–H groups in total. The highest BCUT2D eigenvalue weighted by molar-refractivity contribution is 9.10. The highest BCUT2D eigenvalue weighted by Crippen LogP contribution is 2.52. The van der Waals surface area contributed by atoms with Gasteiger partial charge in [0.05, 0.1) is 18.1 Å². The minimum Gasteiger partial charge on any atom is -0.483 e. The van der Waals surface area contributed by atoms with Crippen molar-refractivity contribution in [2.45, 2.75) is 6.42 Å². The Hall–Kier alpha value is -2.48. The molecule has 8 heteroatoms. The summed E-state index contributed by atoms with van der Waals surface area (Å²) in [6, 6.07) is 5.12. The second-order valence-electron chi connectivity index (χ2n) is 6.67. The summed E-state index contributed by atoms with van der Waals surface area (Å²) in [6.45, 7) is -0.275. The van der Waals surface area contributed by atoms with E-state index in [1.54, 1.807) is 18.2 Å². The molecule has 1 aromatic rings. The number of ether oxygens (including phenoxy) is 1. The van der Waals surface area contributed by atoms with E-state index in [2.05, 4.69) is 21.0 Å². The maximum absolute atomic E-state index is 12.6. The molecule has 4 unspecified atom stereocenters. The molecule has 7 nitrogen and oxygen atoms in total. The van der Waals surface area contributed by atoms with E-state index in [1.807, 2.05) is 12.2 Å². The van der Waals surface area contributed by atoms with Gasteiger partial charge < -0.3 is 10.5 Å². The van der Waals surface area contributed by atoms with Gasteiger partial charge in [-0.05, 0) is 36.5 Å². The molecule has 3 amide bonds. The molecule has 26 heavy (non-hydrogen) atoms. The van der Waals surface area contributed by atoms with Gasteiger partial charge in [0.25, 0.3) is 17.7 Å². The zero-order valence-corrected chi connectivity index (χ0v) is 15.3. The minimum absolute atomic E-state index is 0.141. The van der Waals surface area contributed by atoms with Crippen LogP contribution >= 0.6 is 15.9 Å². The smallest absolute Gasteiger partial charge is 0.255 e. The van der Waals surface area contributed by atoms with E-state index in [0.717, 1.165) is 15.9 Å². The van der Waals surface area contributed by atoms with E-state index < -0.39 is 5.91 Å². The quantitative estimate of drug-likeness (QED) is 0.444. The van der Waals surface area contributed by atoms with Gasteiger partial charge in [-0.15, -0.1) is 0 Å². The Morgan fingerprint density at radius 1 is 1.27 bits per heavy atom. The number of rotatable bonds is 5. The van der Waals surface area contributed by atoms with E-state index in [0.29, 0.717) is 11.3 Å². The second kappa shape index (κ2) is 6.35. The first-order valence-corrected chi connectivity index (χ1v) is 9.06. The van der Waals surface area contributed by atoms with Gasteiger partial charge in [-0.3, -0.25) is 14.4 Å². The lowest BCUT2D eigenvalue weighted by atomic mass is 9.85. The van der Waals surface area contributed by atoms with Crippen molar-refractivity contribution < 1.29 is 19.1 Å². The molecule has 2 fully saturated rings. The Labute approximate surface area is 158 Å². The number of primary amides is 1. The van der Waals surface area contributed by atoms with Crippen LogP contribution in [0, 0.1) is 23.7 Å². The maximum atomic E-state index is 12.6. The van der Waals surface area contributed by atoms with Crippen LogP contribution in [0.15, 0.2) is 39.9 Å². The van der Waals surface area contributed by atoms with Crippen molar-refractivity contribution in [2.75, 3.05) is 6.61 Å². The number of benzene rings is 1. The van der Waals surface area contributed by atoms with Crippen molar-refractivity contribution in [3.05, 3.63) is 40.4 Å². The normalized spacial score (nSPS) is 29.0. The molecular weight excluding hydrogens is 402 g/mol. The van der Waals surface area contributed by atoms with Crippen molar-refractivity contribution in [1.82, 2.24) is 5.01 Å². The molecule has 1 saturated carbocycles. The van der Waals surface area contributed by atoms with E-state index in [4.69, 9.17) is 10.5 Å². The van der Waals surface area contributed by atoms with Gasteiger partial charge >= 0.3 is 0 Å². The molecular formula is C18H16BrN3O4. The highest BCUT2D eigenvalue weighted by atomic mass is 79.9. The third-order valence-corrected chi connectivity index (χ3v) is 5.59. The SMILES string of the molecule is NC(=O)COc1ccc(Br)cc1C=NN1C(=O)C2C3C=CC(C3)C2C1=O. The molecule has 1 aromatic carbocycles. The number of hydrogen-bond donors (Lipinski definition) is 1. The number of hydrogen-bond acceptors (Lipinski definition) is 5. The first-order chi connectivity index (χ1) is 12.5. The van der Waals surface area contributed by atoms with Crippen LogP contribution in [0.5, 0.6) is 5.75 Å². The Morgan fingerprint density at radius 2 is 1.92 bits per heavy atom. The van der Waals surface area contributed by atoms with Crippen molar-refractivity contribution in [1.29, 1.82) is 0 Å². The first-order valence-electron chi connectivity index (χ1n) is 8.26. The predicted molar refractivity (Wildman–Crippen MR) is 96.0 cm³/mol. The number of carbonyl (C=O) groups is 3. The summed E-state index contributed by atoms with van der Waals surface area (Å²) in [5.41, 5.74) is 5.63. The summed E-state index contributed by atoms with van der Waals surface area (Å²) < 4.78 is 6.12. The number of nitrogens with two attached hydrogens (primary N) is 1. The molecule has 2 bridgehead atoms. The first kappa shape index (κ1) is 17.0. The van der Waals surface area contributed by atoms with Gasteiger partial charge in [0.15, 0.2) is 6.61 Å². The average Bonchev–Trinajstić information content (AvgIpc) is 3.27. The summed E-state index contributed by atoms with van der Waals surface area (Å²) in [5, 5.41) is 5.10. The zero-order chi connectivity index (χ0) is 18.4. The lowest BCUT2D eigenvalue weighted by Gasteiger charge is -2.13. The number of imide groups is 1. The fourth-order valence-electron chi connectivity index (χ4n) is 4.02. The summed E-state index contributed by atoms with van der Waals surface area (Å²) in [5.74, 6) is -1.01. The molecule has 3 aliphatic rings. The number of halogens is 1. The largest absolute Gasteiger partial charge is 0.483 e. The van der Waals surface area contributed by atoms with E-state index in [1.165, 1.54) is 6.21 Å². The van der Waals surface area contributed by atoms with Crippen LogP contribution in [-0.2, 0) is 14.4 Å². The average molecular weight is 418 g/mol. The number of carbonyl (C=O) groups excluding carboxylic acids is 3. The van der Waals surface area contributed by atoms with Crippen LogP contribution < -0.4 is 10.5 Å². The van der Waals surface area contributed by atoms with Crippen LogP contribution in [0.1, 0.15) is 12.0 Å². The fourth-order valence-corrected chi connectivity index (χ4v) is 4.40. The van der Waals surface area contributed by atoms with Gasteiger partial charge in [0, 0.05) is 10.0 Å². The summed E-state index contributed by atoms with van der Waals surface area (Å²) in [4.78, 5) is 36.2. The lowest BCUT2D eigenvalue weighted by molar-refractivity contribution is -0.140. The van der Waals surface area contributed by atoms with Crippen LogP contribution in [0.25, 0.3) is 0 Å². The molecule has 1 saturated heterocycles. The van der Waals surface area contributed by atoms with Gasteiger partial charge in [0.2, 0.25) is 0 Å². The number of hydrazone groups is 1. The van der Waals surface area contributed by atoms with Crippen LogP contribution in [-0.4, -0.2) is 35.6 Å². The van der Waals surface area contributed by atoms with Crippen LogP contribution in [0.3, 0.4) is 0 Å². The van der Waals surface area contributed by atoms with Crippen molar-refractivity contribution >= 4 is 39.9 Å². The molecule has 2 aliphatic carbocycles. The van der Waals surface area contributed by atoms with Gasteiger partial charge in [-0.25, -0.2) is 0 Å². The zero-order valence-electron chi connectivity index (χ0n) is 13.7. The molecule has 0 spiro atoms. The second-order valence-corrected chi connectivity index (χ2v) is 7.59. The molecule has 1 heterocycles. The number of allylic oxidation sites excluding steroid dienone is 2. The predicted octanol–water partition coefficient (Wildman–Crippen LogP) is 1.45. The topological polar surface area (TPSA) is 102 Å². The fraction of sp³-hybridized carbons (Fsp3) is 0.333. The maximum Gasteiger partial charge on any atom is 0.255 e. The highest BCUT2D eigenvalue weighted by Gasteiger charge is 2.59. The minimum atomic E-state index is -0.600. The Kier molecular flexibility index (Phi) is 4.14. The molecule has 1 aliphatic heterocycles. The van der Waals surface area contributed by atoms with Crippen LogP contribution in [0.2, 0.25) is 0 Å². The Balaban J connectivity index is 1.57. The monoisotopic (exact) mass is 417 g/mol. The Bertz CT molecular complexity index is 836. The van der Waals surface area contributed by atoms with Crippen molar-refractivity contribution in [2.24, 2.45) is 34.5 Å². The van der Waals surface area contributed by atoms with E-state index in [9.17, 15) is 14.4 Å². The molecule has 134 valence electrons. The molecule has 4 atom stereocenters. The van der Waals surface area contributed by atoms with E-state index >= 15 is 0 Å². The third kappa shape index (κ3) is 2.74. The molecule has 4 rings (SSSR count). The van der Waals surface area contributed by atoms with E-state index in [-0.39, 0.29) is 42.1 Å². The molecule has 0 aromatic heterocycles. The third-order valence-electron chi connectivity index (χ3n) is 5.10. The lowest BCUT2D eigenvalue weighted by Crippen LogP contribution is -2.28. The summed E-state index contributed by atoms with van der Waals surface area (Å²) in [6.07, 6.45) is 6.34. The number of amides is 3. The Morgan fingerprint density at radius 3 is 2.54 bits per heavy atom. The summed E-state index contributed by atoms with van der Waals surface area (Å²) >= 11 is 3.35. The number of nitrogens with zero attached hydrogens (tertiary/aromatic N) is 2.